The average molecular weight is 499 g/mol. The van der Waals surface area contributed by atoms with Gasteiger partial charge in [0, 0.05) is 24.6 Å². The first-order valence-electron chi connectivity index (χ1n) is 10.2. The summed E-state index contributed by atoms with van der Waals surface area (Å²) in [6.07, 6.45) is 3.10. The number of hydrogen-bond donors (Lipinski definition) is 8. The summed E-state index contributed by atoms with van der Waals surface area (Å²) in [7, 11) is 0. The van der Waals surface area contributed by atoms with Gasteiger partial charge < -0.3 is 31.6 Å². The molecule has 0 unspecified atom stereocenters. The summed E-state index contributed by atoms with van der Waals surface area (Å²) < 4.78 is 9.01. The topological polar surface area (TPSA) is 215 Å². The smallest absolute Gasteiger partial charge is 0.294 e. The van der Waals surface area contributed by atoms with Gasteiger partial charge in [0.25, 0.3) is 12.9 Å². The maximum absolute atomic E-state index is 11.2. The molecule has 0 bridgehead atoms. The lowest BCUT2D eigenvalue weighted by Crippen LogP contribution is -2.42. The van der Waals surface area contributed by atoms with E-state index in [1.54, 1.807) is 0 Å². The number of thiol groups is 2. The van der Waals surface area contributed by atoms with Crippen molar-refractivity contribution >= 4 is 50.0 Å². The first kappa shape index (κ1) is 32.6. The van der Waals surface area contributed by atoms with Crippen molar-refractivity contribution in [2.24, 2.45) is 22.9 Å². The van der Waals surface area contributed by atoms with Crippen LogP contribution in [0.15, 0.2) is 0 Å². The second kappa shape index (κ2) is 22.6. The highest BCUT2D eigenvalue weighted by Crippen LogP contribution is 1.99. The van der Waals surface area contributed by atoms with Crippen LogP contribution in [0.3, 0.4) is 0 Å². The fourth-order valence-corrected chi connectivity index (χ4v) is 2.40. The Hall–Kier alpha value is -1.58. The lowest BCUT2D eigenvalue weighted by Gasteiger charge is -2.11. The first-order chi connectivity index (χ1) is 15.2. The molecule has 0 aromatic rings. The number of nitrogens with one attached hydrogen (secondary N) is 2. The summed E-state index contributed by atoms with van der Waals surface area (Å²) in [6.45, 7) is 1.73. The van der Waals surface area contributed by atoms with E-state index in [2.05, 4.69) is 45.4 Å². The molecular weight excluding hydrogens is 460 g/mol. The summed E-state index contributed by atoms with van der Waals surface area (Å²) in [5, 5.41) is 5.35. The van der Waals surface area contributed by atoms with E-state index in [0.29, 0.717) is 50.4 Å². The molecule has 4 atom stereocenters. The van der Waals surface area contributed by atoms with Gasteiger partial charge in [-0.1, -0.05) is 0 Å². The largest absolute Gasteiger partial charge is 0.449 e. The quantitative estimate of drug-likeness (QED) is 0.0449. The molecule has 14 heteroatoms. The summed E-state index contributed by atoms with van der Waals surface area (Å²) in [6, 6.07) is -1.13. The van der Waals surface area contributed by atoms with E-state index in [9.17, 15) is 19.2 Å². The molecular formula is C18H38N6O6S2. The van der Waals surface area contributed by atoms with Crippen LogP contribution in [0.1, 0.15) is 38.5 Å². The highest BCUT2D eigenvalue weighted by atomic mass is 32.1. The molecule has 0 rings (SSSR count). The van der Waals surface area contributed by atoms with E-state index in [-0.39, 0.29) is 11.8 Å². The van der Waals surface area contributed by atoms with Gasteiger partial charge in [-0.15, -0.1) is 0 Å². The Bertz CT molecular complexity index is 476. The highest BCUT2D eigenvalue weighted by Gasteiger charge is 2.11. The Balaban J connectivity index is 0. The van der Waals surface area contributed by atoms with Gasteiger partial charge >= 0.3 is 0 Å². The van der Waals surface area contributed by atoms with Crippen LogP contribution < -0.4 is 33.6 Å². The number of unbranched alkanes of at least 4 members (excludes halogenated alkanes) is 2. The van der Waals surface area contributed by atoms with Crippen LogP contribution >= 0.6 is 25.3 Å². The van der Waals surface area contributed by atoms with E-state index in [1.165, 1.54) is 0 Å². The molecule has 0 radical (unpaired) electrons. The molecule has 188 valence electrons. The van der Waals surface area contributed by atoms with Crippen molar-refractivity contribution in [1.29, 1.82) is 0 Å². The van der Waals surface area contributed by atoms with Crippen molar-refractivity contribution in [3.63, 3.8) is 0 Å². The Morgan fingerprint density at radius 2 is 1.06 bits per heavy atom. The number of ether oxygens (including phenoxy) is 2. The Labute approximate surface area is 200 Å². The van der Waals surface area contributed by atoms with Crippen LogP contribution in [-0.2, 0) is 28.7 Å². The van der Waals surface area contributed by atoms with Crippen molar-refractivity contribution in [2.45, 2.75) is 63.1 Å². The molecule has 0 aromatic carbocycles. The number of carbonyl (C=O) groups is 4. The van der Waals surface area contributed by atoms with Gasteiger partial charge in [0.2, 0.25) is 11.8 Å². The van der Waals surface area contributed by atoms with Crippen molar-refractivity contribution in [2.75, 3.05) is 24.6 Å². The molecule has 0 aliphatic rings. The van der Waals surface area contributed by atoms with Gasteiger partial charge in [-0.3, -0.25) is 30.6 Å². The van der Waals surface area contributed by atoms with Crippen LogP contribution in [-0.4, -0.2) is 73.9 Å². The SMILES string of the molecule is N[C@@H](CCCCNC(=O)[C@@H](N)CS)OC=O.N[C@H](CS)C(=O)NCCCC[C@H](N)OC=O. The lowest BCUT2D eigenvalue weighted by atomic mass is 10.2. The molecule has 0 aliphatic heterocycles. The van der Waals surface area contributed by atoms with E-state index in [0.717, 1.165) is 25.7 Å². The van der Waals surface area contributed by atoms with E-state index in [1.807, 2.05) is 0 Å². The Kier molecular flexibility index (Phi) is 23.0. The summed E-state index contributed by atoms with van der Waals surface area (Å²) in [4.78, 5) is 42.2. The molecule has 32 heavy (non-hydrogen) atoms. The monoisotopic (exact) mass is 498 g/mol. The molecule has 0 saturated carbocycles. The van der Waals surface area contributed by atoms with E-state index >= 15 is 0 Å². The number of hydrogen-bond acceptors (Lipinski definition) is 12. The van der Waals surface area contributed by atoms with Gasteiger partial charge in [0.15, 0.2) is 12.5 Å². The molecule has 2 amide bonds. The maximum Gasteiger partial charge on any atom is 0.294 e. The zero-order valence-corrected chi connectivity index (χ0v) is 20.0. The molecule has 0 heterocycles. The van der Waals surface area contributed by atoms with Crippen molar-refractivity contribution in [1.82, 2.24) is 10.6 Å². The third-order valence-corrected chi connectivity index (χ3v) is 4.74. The predicted molar refractivity (Wildman–Crippen MR) is 128 cm³/mol. The lowest BCUT2D eigenvalue weighted by molar-refractivity contribution is -0.134. The average Bonchev–Trinajstić information content (AvgIpc) is 2.77. The van der Waals surface area contributed by atoms with Gasteiger partial charge in [0.1, 0.15) is 0 Å². The Morgan fingerprint density at radius 1 is 0.719 bits per heavy atom. The second-order valence-electron chi connectivity index (χ2n) is 6.69. The van der Waals surface area contributed by atoms with Gasteiger partial charge in [-0.25, -0.2) is 0 Å². The van der Waals surface area contributed by atoms with Crippen LogP contribution in [0.4, 0.5) is 0 Å². The van der Waals surface area contributed by atoms with Crippen LogP contribution in [0, 0.1) is 0 Å². The molecule has 10 N–H and O–H groups in total. The zero-order valence-electron chi connectivity index (χ0n) is 18.2. The predicted octanol–water partition coefficient (Wildman–Crippen LogP) is -2.02. The first-order valence-corrected chi connectivity index (χ1v) is 11.5. The third kappa shape index (κ3) is 20.3. The second-order valence-corrected chi connectivity index (χ2v) is 7.42. The third-order valence-electron chi connectivity index (χ3n) is 3.96. The minimum Gasteiger partial charge on any atom is -0.449 e. The van der Waals surface area contributed by atoms with E-state index in [4.69, 9.17) is 22.9 Å². The minimum absolute atomic E-state index is 0.205. The number of carbonyl (C=O) groups excluding carboxylic acids is 4. The summed E-state index contributed by atoms with van der Waals surface area (Å²) in [5.74, 6) is 0.236. The van der Waals surface area contributed by atoms with Crippen LogP contribution in [0.5, 0.6) is 0 Å². The van der Waals surface area contributed by atoms with Gasteiger partial charge in [-0.05, 0) is 38.5 Å². The summed E-state index contributed by atoms with van der Waals surface area (Å²) >= 11 is 7.83. The zero-order chi connectivity index (χ0) is 24.8. The molecule has 0 aromatic heterocycles. The molecule has 12 nitrogen and oxygen atoms in total. The van der Waals surface area contributed by atoms with E-state index < -0.39 is 24.5 Å². The van der Waals surface area contributed by atoms with Gasteiger partial charge in [-0.2, -0.15) is 25.3 Å². The number of amides is 2. The highest BCUT2D eigenvalue weighted by molar-refractivity contribution is 7.80. The number of nitrogens with two attached hydrogens (primary N) is 4. The van der Waals surface area contributed by atoms with Crippen LogP contribution in [0.2, 0.25) is 0 Å². The molecule has 0 spiro atoms. The van der Waals surface area contributed by atoms with Crippen LogP contribution in [0.25, 0.3) is 0 Å². The van der Waals surface area contributed by atoms with Crippen molar-refractivity contribution in [3.05, 3.63) is 0 Å². The van der Waals surface area contributed by atoms with Gasteiger partial charge in [0.05, 0.1) is 12.1 Å². The number of rotatable bonds is 18. The minimum atomic E-state index is -0.566. The fraction of sp³-hybridized carbons (Fsp3) is 0.778. The maximum atomic E-state index is 11.2. The molecule has 0 fully saturated rings. The van der Waals surface area contributed by atoms with Crippen molar-refractivity contribution < 1.29 is 28.7 Å². The molecule has 0 saturated heterocycles. The fourth-order valence-electron chi connectivity index (χ4n) is 2.07. The summed E-state index contributed by atoms with van der Waals surface area (Å²) in [5.41, 5.74) is 21.8. The molecule has 0 aliphatic carbocycles. The Morgan fingerprint density at radius 3 is 1.34 bits per heavy atom. The van der Waals surface area contributed by atoms with Crippen molar-refractivity contribution in [3.8, 4) is 0 Å². The standard InChI is InChI=1S/2C9H19N3O3S/c2*10-7(5-16)9(14)12-4-2-1-3-8(11)15-6-13/h2*6-8,16H,1-5,10-11H2,(H,12,14)/t7-,8+;7-,8-/m01/s1. The normalized spacial score (nSPS) is 13.9.